The number of H-pyrrole nitrogens is 1. The van der Waals surface area contributed by atoms with E-state index in [1.807, 2.05) is 35.3 Å². The fourth-order valence-electron chi connectivity index (χ4n) is 7.20. The van der Waals surface area contributed by atoms with Gasteiger partial charge >= 0.3 is 12.2 Å². The van der Waals surface area contributed by atoms with Crippen molar-refractivity contribution in [3.05, 3.63) is 72.7 Å². The molecule has 2 aliphatic heterocycles. The number of nitrogens with zero attached hydrogens (tertiary/aromatic N) is 3. The number of carbonyl (C=O) groups is 5. The van der Waals surface area contributed by atoms with E-state index in [9.17, 15) is 24.0 Å². The number of methoxy groups -OCH3 is 2. The Bertz CT molecular complexity index is 2050. The lowest BCUT2D eigenvalue weighted by molar-refractivity contribution is -0.134. The maximum absolute atomic E-state index is 13.3. The highest BCUT2D eigenvalue weighted by Crippen LogP contribution is 2.33. The summed E-state index contributed by atoms with van der Waals surface area (Å²) in [6.45, 7) is 6.49. The van der Waals surface area contributed by atoms with Gasteiger partial charge in [-0.2, -0.15) is 0 Å². The molecule has 0 bridgehead atoms. The topological polar surface area (TPSA) is 187 Å². The second kappa shape index (κ2) is 17.0. The molecule has 3 aromatic carbocycles. The van der Waals surface area contributed by atoms with Crippen molar-refractivity contribution < 1.29 is 33.4 Å². The van der Waals surface area contributed by atoms with E-state index < -0.39 is 36.2 Å². The highest BCUT2D eigenvalue weighted by molar-refractivity contribution is 5.97. The minimum Gasteiger partial charge on any atom is -0.453 e. The van der Waals surface area contributed by atoms with Crippen molar-refractivity contribution in [2.75, 3.05) is 32.7 Å². The summed E-state index contributed by atoms with van der Waals surface area (Å²) in [4.78, 5) is 72.1. The van der Waals surface area contributed by atoms with Crippen LogP contribution in [0.15, 0.2) is 66.9 Å². The third-order valence-electron chi connectivity index (χ3n) is 10.2. The number of fused-ring (bicyclic) bond motifs is 1. The first-order chi connectivity index (χ1) is 26.4. The number of alkyl carbamates (subject to hydrolysis) is 2. The number of hydrogen-bond acceptors (Lipinski definition) is 10. The van der Waals surface area contributed by atoms with Crippen molar-refractivity contribution in [2.24, 2.45) is 5.92 Å². The van der Waals surface area contributed by atoms with Crippen LogP contribution in [0, 0.1) is 5.92 Å². The minimum absolute atomic E-state index is 0.179. The number of ether oxygens (including phenoxy) is 2. The molecule has 2 saturated heterocycles. The minimum atomic E-state index is -0.890. The number of hydrazine groups is 1. The second-order valence-electron chi connectivity index (χ2n) is 14.3. The second-order valence-corrected chi connectivity index (χ2v) is 14.3. The first kappa shape index (κ1) is 38.8. The molecule has 290 valence electrons. The number of imidazole rings is 1. The Balaban J connectivity index is 1.09. The molecule has 1 aromatic heterocycles. The molecule has 3 unspecified atom stereocenters. The summed E-state index contributed by atoms with van der Waals surface area (Å²) in [6, 6.07) is 18.3. The number of imide groups is 1. The Morgan fingerprint density at radius 3 is 2.20 bits per heavy atom. The Kier molecular flexibility index (Phi) is 12.0. The molecular formula is C40H48N8O7. The van der Waals surface area contributed by atoms with E-state index in [0.717, 1.165) is 58.1 Å². The summed E-state index contributed by atoms with van der Waals surface area (Å²) in [7, 11) is 2.44. The summed E-state index contributed by atoms with van der Waals surface area (Å²) in [5, 5.41) is 11.5. The molecule has 0 saturated carbocycles. The molecule has 15 nitrogen and oxygen atoms in total. The zero-order chi connectivity index (χ0) is 39.2. The Hall–Kier alpha value is -5.96. The Labute approximate surface area is 319 Å². The van der Waals surface area contributed by atoms with Gasteiger partial charge in [-0.1, -0.05) is 56.3 Å². The van der Waals surface area contributed by atoms with E-state index in [4.69, 9.17) is 0 Å². The number of carbonyl (C=O) groups excluding carboxylic acids is 5. The van der Waals surface area contributed by atoms with Gasteiger partial charge < -0.3 is 35.4 Å². The fraction of sp³-hybridized carbons (Fsp3) is 0.400. The van der Waals surface area contributed by atoms with Gasteiger partial charge in [-0.25, -0.2) is 19.6 Å². The molecule has 3 heterocycles. The predicted molar refractivity (Wildman–Crippen MR) is 206 cm³/mol. The largest absolute Gasteiger partial charge is 0.453 e. The maximum Gasteiger partial charge on any atom is 0.413 e. The van der Waals surface area contributed by atoms with Crippen molar-refractivity contribution in [2.45, 2.75) is 70.6 Å². The fourth-order valence-corrected chi connectivity index (χ4v) is 7.20. The van der Waals surface area contributed by atoms with Gasteiger partial charge in [0, 0.05) is 18.8 Å². The van der Waals surface area contributed by atoms with E-state index in [2.05, 4.69) is 71.1 Å². The van der Waals surface area contributed by atoms with Gasteiger partial charge in [-0.05, 0) is 84.2 Å². The average molecular weight is 753 g/mol. The van der Waals surface area contributed by atoms with Gasteiger partial charge in [0.05, 0.1) is 32.2 Å². The molecule has 15 heteroatoms. The number of aromatic amines is 1. The SMILES string of the molecule is COC(=O)NC(=O)C(NC(=O)[C@@H]1CCCN1Nc1ccc2cc(-c3ccc(-c4cnc(C5CCCN5C(=O)C(C)NC(=O)OC)[nH]4)cc3)ccc2c1)C(C)C. The number of anilines is 1. The van der Waals surface area contributed by atoms with Crippen LogP contribution in [0.1, 0.15) is 58.3 Å². The van der Waals surface area contributed by atoms with E-state index in [1.54, 1.807) is 31.9 Å². The van der Waals surface area contributed by atoms with Crippen LogP contribution in [0.2, 0.25) is 0 Å². The number of rotatable bonds is 11. The molecule has 2 aliphatic rings. The van der Waals surface area contributed by atoms with Crippen molar-refractivity contribution in [1.82, 2.24) is 35.8 Å². The van der Waals surface area contributed by atoms with E-state index >= 15 is 0 Å². The quantitative estimate of drug-likeness (QED) is 0.138. The van der Waals surface area contributed by atoms with Gasteiger partial charge in [0.1, 0.15) is 23.9 Å². The zero-order valence-electron chi connectivity index (χ0n) is 31.7. The zero-order valence-corrected chi connectivity index (χ0v) is 31.7. The summed E-state index contributed by atoms with van der Waals surface area (Å²) in [6.07, 6.45) is 3.32. The predicted octanol–water partition coefficient (Wildman–Crippen LogP) is 5.12. The normalized spacial score (nSPS) is 18.1. The van der Waals surface area contributed by atoms with Crippen molar-refractivity contribution in [3.63, 3.8) is 0 Å². The van der Waals surface area contributed by atoms with Crippen LogP contribution in [-0.4, -0.2) is 95.2 Å². The molecule has 6 rings (SSSR count). The number of amides is 5. The lowest BCUT2D eigenvalue weighted by Gasteiger charge is -2.28. The molecule has 0 aliphatic carbocycles. The Morgan fingerprint density at radius 1 is 0.800 bits per heavy atom. The van der Waals surface area contributed by atoms with Crippen LogP contribution in [0.5, 0.6) is 0 Å². The van der Waals surface area contributed by atoms with Crippen LogP contribution in [-0.2, 0) is 23.9 Å². The van der Waals surface area contributed by atoms with E-state index in [0.29, 0.717) is 25.3 Å². The van der Waals surface area contributed by atoms with Gasteiger partial charge in [0.25, 0.3) is 5.91 Å². The molecule has 55 heavy (non-hydrogen) atoms. The maximum atomic E-state index is 13.3. The lowest BCUT2D eigenvalue weighted by atomic mass is 9.99. The molecule has 4 aromatic rings. The van der Waals surface area contributed by atoms with Crippen molar-refractivity contribution >= 4 is 46.4 Å². The first-order valence-corrected chi connectivity index (χ1v) is 18.5. The van der Waals surface area contributed by atoms with Crippen molar-refractivity contribution in [3.8, 4) is 22.4 Å². The lowest BCUT2D eigenvalue weighted by Crippen LogP contribution is -2.55. The van der Waals surface area contributed by atoms with Crippen LogP contribution >= 0.6 is 0 Å². The summed E-state index contributed by atoms with van der Waals surface area (Å²) in [5.41, 5.74) is 8.17. The molecular weight excluding hydrogens is 704 g/mol. The summed E-state index contributed by atoms with van der Waals surface area (Å²) >= 11 is 0. The third-order valence-corrected chi connectivity index (χ3v) is 10.2. The molecule has 5 N–H and O–H groups in total. The number of nitrogens with one attached hydrogen (secondary N) is 5. The number of aromatic nitrogens is 2. The van der Waals surface area contributed by atoms with Gasteiger partial charge in [-0.3, -0.25) is 19.7 Å². The van der Waals surface area contributed by atoms with Gasteiger partial charge in [-0.15, -0.1) is 0 Å². The number of likely N-dealkylation sites (tertiary alicyclic amines) is 1. The summed E-state index contributed by atoms with van der Waals surface area (Å²) < 4.78 is 9.17. The third kappa shape index (κ3) is 8.89. The highest BCUT2D eigenvalue weighted by atomic mass is 16.5. The molecule has 5 amide bonds. The van der Waals surface area contributed by atoms with Crippen LogP contribution in [0.4, 0.5) is 15.3 Å². The highest BCUT2D eigenvalue weighted by Gasteiger charge is 2.36. The van der Waals surface area contributed by atoms with E-state index in [1.165, 1.54) is 14.2 Å². The molecule has 4 atom stereocenters. The molecule has 2 fully saturated rings. The van der Waals surface area contributed by atoms with Gasteiger partial charge in [0.2, 0.25) is 11.8 Å². The standard InChI is InChI=1S/C40H48N8O7/c1-23(2)34(37(50)45-40(53)55-5)44-36(49)33-9-7-19-48(33)46-30-17-16-28-20-27(14-15-29(28)21-30)25-10-12-26(13-11-25)31-22-41-35(43-31)32-8-6-18-47(32)38(51)24(3)42-39(52)54-4/h10-17,20-24,32-34,46H,6-9,18-19H2,1-5H3,(H,41,43)(H,42,52)(H,44,49)(H,45,50,53)/t24?,32?,33-,34?/m0/s1. The van der Waals surface area contributed by atoms with Crippen LogP contribution in [0.3, 0.4) is 0 Å². The first-order valence-electron chi connectivity index (χ1n) is 18.5. The Morgan fingerprint density at radius 2 is 1.47 bits per heavy atom. The van der Waals surface area contributed by atoms with E-state index in [-0.39, 0.29) is 23.8 Å². The summed E-state index contributed by atoms with van der Waals surface area (Å²) in [5.74, 6) is -0.617. The number of benzene rings is 3. The smallest absolute Gasteiger partial charge is 0.413 e. The molecule has 0 radical (unpaired) electrons. The molecule has 0 spiro atoms. The van der Waals surface area contributed by atoms with Crippen LogP contribution in [0.25, 0.3) is 33.2 Å². The van der Waals surface area contributed by atoms with Gasteiger partial charge in [0.15, 0.2) is 0 Å². The number of hydrogen-bond donors (Lipinski definition) is 5. The van der Waals surface area contributed by atoms with Crippen LogP contribution < -0.4 is 21.4 Å². The van der Waals surface area contributed by atoms with Crippen molar-refractivity contribution in [1.29, 1.82) is 0 Å². The average Bonchev–Trinajstić information content (AvgIpc) is 3.98. The monoisotopic (exact) mass is 752 g/mol.